The molecule has 1 aromatic rings. The van der Waals surface area contributed by atoms with E-state index in [9.17, 15) is 9.59 Å². The molecule has 1 aromatic carbocycles. The molecule has 0 atom stereocenters. The predicted octanol–water partition coefficient (Wildman–Crippen LogP) is 4.33. The predicted molar refractivity (Wildman–Crippen MR) is 95.7 cm³/mol. The summed E-state index contributed by atoms with van der Waals surface area (Å²) in [5, 5.41) is 4.51. The number of aryl methyl sites for hydroxylation is 1. The van der Waals surface area contributed by atoms with Crippen LogP contribution in [0.1, 0.15) is 36.8 Å². The third kappa shape index (κ3) is 7.40. The summed E-state index contributed by atoms with van der Waals surface area (Å²) in [4.78, 5) is 23.2. The number of rotatable bonds is 9. The van der Waals surface area contributed by atoms with Crippen molar-refractivity contribution in [2.45, 2.75) is 39.2 Å². The summed E-state index contributed by atoms with van der Waals surface area (Å²) in [7, 11) is 0. The molecule has 0 saturated heterocycles. The Morgan fingerprint density at radius 3 is 2.45 bits per heavy atom. The van der Waals surface area contributed by atoms with Crippen molar-refractivity contribution < 1.29 is 14.3 Å². The Hall–Kier alpha value is -0.880. The van der Waals surface area contributed by atoms with Gasteiger partial charge in [0.05, 0.1) is 0 Å². The number of carbonyl (C=O) groups is 2. The average molecular weight is 435 g/mol. The van der Waals surface area contributed by atoms with E-state index in [1.165, 1.54) is 0 Å². The first-order valence-corrected chi connectivity index (χ1v) is 9.48. The normalized spacial score (nSPS) is 10.3. The Morgan fingerprint density at radius 1 is 1.14 bits per heavy atom. The topological polar surface area (TPSA) is 55.4 Å². The molecule has 0 heterocycles. The number of hydrogen-bond acceptors (Lipinski definition) is 3. The highest BCUT2D eigenvalue weighted by Gasteiger charge is 2.07. The summed E-state index contributed by atoms with van der Waals surface area (Å²) >= 11 is 6.59. The van der Waals surface area contributed by atoms with Gasteiger partial charge >= 0.3 is 5.97 Å². The Morgan fingerprint density at radius 2 is 1.82 bits per heavy atom. The van der Waals surface area contributed by atoms with Gasteiger partial charge in [0.25, 0.3) is 0 Å². The van der Waals surface area contributed by atoms with E-state index in [1.54, 1.807) is 0 Å². The molecule has 0 fully saturated rings. The van der Waals surface area contributed by atoms with Gasteiger partial charge in [-0.2, -0.15) is 0 Å². The van der Waals surface area contributed by atoms with Gasteiger partial charge in [0, 0.05) is 29.2 Å². The van der Waals surface area contributed by atoms with Crippen molar-refractivity contribution >= 4 is 49.4 Å². The van der Waals surface area contributed by atoms with Crippen molar-refractivity contribution in [3.8, 4) is 0 Å². The van der Waals surface area contributed by atoms with Crippen LogP contribution in [-0.4, -0.2) is 22.5 Å². The first kappa shape index (κ1) is 19.2. The second-order valence-electron chi connectivity index (χ2n) is 4.94. The third-order valence-electron chi connectivity index (χ3n) is 3.02. The number of nitrogens with one attached hydrogen (secondary N) is 1. The van der Waals surface area contributed by atoms with Crippen molar-refractivity contribution in [3.63, 3.8) is 0 Å². The molecule has 0 aliphatic carbocycles. The molecule has 0 bridgehead atoms. The lowest BCUT2D eigenvalue weighted by Gasteiger charge is -2.10. The summed E-state index contributed by atoms with van der Waals surface area (Å²) in [5.74, 6) is -0.180. The molecule has 0 unspecified atom stereocenters. The van der Waals surface area contributed by atoms with Gasteiger partial charge in [-0.15, -0.1) is 0 Å². The number of carbonyl (C=O) groups excluding carboxylic acids is 2. The van der Waals surface area contributed by atoms with Gasteiger partial charge < -0.3 is 10.1 Å². The molecule has 4 nitrogen and oxygen atoms in total. The van der Waals surface area contributed by atoms with E-state index in [0.717, 1.165) is 40.3 Å². The minimum absolute atomic E-state index is 0.0106. The second-order valence-corrected chi connectivity index (χ2v) is 6.53. The molecule has 0 radical (unpaired) electrons. The van der Waals surface area contributed by atoms with E-state index in [-0.39, 0.29) is 18.5 Å². The summed E-state index contributed by atoms with van der Waals surface area (Å²) < 4.78 is 5.21. The smallest absolute Gasteiger partial charge is 0.306 e. The van der Waals surface area contributed by atoms with Crippen molar-refractivity contribution in [1.29, 1.82) is 0 Å². The number of hydrogen-bond donors (Lipinski definition) is 1. The standard InChI is InChI=1S/C16H21Br2NO3/c1-12-10-13(11-22-16(21)5-3-9-18)6-7-14(12)19-15(20)4-2-8-17/h6-7,10H,2-5,8-9,11H2,1H3,(H,19,20). The molecule has 0 aromatic heterocycles. The Labute approximate surface area is 148 Å². The lowest BCUT2D eigenvalue weighted by Crippen LogP contribution is -2.12. The molecule has 122 valence electrons. The summed E-state index contributed by atoms with van der Waals surface area (Å²) in [6.45, 7) is 2.19. The van der Waals surface area contributed by atoms with Gasteiger partial charge in [-0.05, 0) is 37.0 Å². The van der Waals surface area contributed by atoms with Crippen LogP contribution in [0, 0.1) is 6.92 Å². The van der Waals surface area contributed by atoms with Crippen LogP contribution in [-0.2, 0) is 20.9 Å². The van der Waals surface area contributed by atoms with Crippen molar-refractivity contribution in [1.82, 2.24) is 0 Å². The molecule has 0 aliphatic rings. The molecular formula is C16H21Br2NO3. The number of anilines is 1. The maximum atomic E-state index is 11.7. The van der Waals surface area contributed by atoms with Crippen LogP contribution in [0.3, 0.4) is 0 Å². The molecular weight excluding hydrogens is 414 g/mol. The second kappa shape index (κ2) is 10.8. The molecule has 1 N–H and O–H groups in total. The monoisotopic (exact) mass is 433 g/mol. The molecule has 0 saturated carbocycles. The van der Waals surface area contributed by atoms with Gasteiger partial charge in [-0.1, -0.05) is 44.0 Å². The maximum absolute atomic E-state index is 11.7. The quantitative estimate of drug-likeness (QED) is 0.464. The average Bonchev–Trinajstić information content (AvgIpc) is 2.51. The fourth-order valence-corrected chi connectivity index (χ4v) is 2.40. The Bertz CT molecular complexity index is 506. The number of ether oxygens (including phenoxy) is 1. The highest BCUT2D eigenvalue weighted by Crippen LogP contribution is 2.18. The molecule has 22 heavy (non-hydrogen) atoms. The highest BCUT2D eigenvalue weighted by molar-refractivity contribution is 9.09. The summed E-state index contributed by atoms with van der Waals surface area (Å²) in [5.41, 5.74) is 2.68. The van der Waals surface area contributed by atoms with Crippen molar-refractivity contribution in [3.05, 3.63) is 29.3 Å². The van der Waals surface area contributed by atoms with E-state index in [0.29, 0.717) is 12.8 Å². The van der Waals surface area contributed by atoms with E-state index in [2.05, 4.69) is 37.2 Å². The molecule has 1 amide bonds. The SMILES string of the molecule is Cc1cc(COC(=O)CCCBr)ccc1NC(=O)CCCBr. The van der Waals surface area contributed by atoms with E-state index < -0.39 is 0 Å². The number of amides is 1. The largest absolute Gasteiger partial charge is 0.461 e. The van der Waals surface area contributed by atoms with Gasteiger partial charge in [0.1, 0.15) is 6.61 Å². The Kier molecular flexibility index (Phi) is 9.39. The fourth-order valence-electron chi connectivity index (χ4n) is 1.84. The number of esters is 1. The zero-order valence-electron chi connectivity index (χ0n) is 12.7. The molecule has 0 aliphatic heterocycles. The summed E-state index contributed by atoms with van der Waals surface area (Å²) in [6.07, 6.45) is 2.51. The van der Waals surface area contributed by atoms with E-state index in [4.69, 9.17) is 4.74 Å². The number of benzene rings is 1. The number of halogens is 2. The van der Waals surface area contributed by atoms with Crippen molar-refractivity contribution in [2.75, 3.05) is 16.0 Å². The fraction of sp³-hybridized carbons (Fsp3) is 0.500. The van der Waals surface area contributed by atoms with E-state index >= 15 is 0 Å². The van der Waals surface area contributed by atoms with Crippen LogP contribution in [0.4, 0.5) is 5.69 Å². The lowest BCUT2D eigenvalue weighted by molar-refractivity contribution is -0.144. The maximum Gasteiger partial charge on any atom is 0.306 e. The minimum atomic E-state index is -0.191. The summed E-state index contributed by atoms with van der Waals surface area (Å²) in [6, 6.07) is 5.64. The van der Waals surface area contributed by atoms with Gasteiger partial charge in [-0.25, -0.2) is 0 Å². The molecule has 6 heteroatoms. The van der Waals surface area contributed by atoms with Gasteiger partial charge in [0.15, 0.2) is 0 Å². The van der Waals surface area contributed by atoms with Gasteiger partial charge in [0.2, 0.25) is 5.91 Å². The minimum Gasteiger partial charge on any atom is -0.461 e. The molecule has 0 spiro atoms. The zero-order valence-corrected chi connectivity index (χ0v) is 15.8. The lowest BCUT2D eigenvalue weighted by atomic mass is 10.1. The third-order valence-corrected chi connectivity index (χ3v) is 4.14. The van der Waals surface area contributed by atoms with Gasteiger partial charge in [-0.3, -0.25) is 9.59 Å². The first-order valence-electron chi connectivity index (χ1n) is 7.23. The highest BCUT2D eigenvalue weighted by atomic mass is 79.9. The van der Waals surface area contributed by atoms with Crippen molar-refractivity contribution in [2.24, 2.45) is 0 Å². The Balaban J connectivity index is 2.51. The van der Waals surface area contributed by atoms with Crippen LogP contribution >= 0.6 is 31.9 Å². The van der Waals surface area contributed by atoms with Crippen LogP contribution in [0.5, 0.6) is 0 Å². The van der Waals surface area contributed by atoms with Crippen LogP contribution in [0.2, 0.25) is 0 Å². The first-order chi connectivity index (χ1) is 10.6. The van der Waals surface area contributed by atoms with Crippen LogP contribution in [0.15, 0.2) is 18.2 Å². The van der Waals surface area contributed by atoms with Crippen LogP contribution < -0.4 is 5.32 Å². The zero-order chi connectivity index (χ0) is 16.4. The van der Waals surface area contributed by atoms with Crippen LogP contribution in [0.25, 0.3) is 0 Å². The van der Waals surface area contributed by atoms with E-state index in [1.807, 2.05) is 25.1 Å². The molecule has 1 rings (SSSR count). The number of alkyl halides is 2.